The zero-order chi connectivity index (χ0) is 24.9. The van der Waals surface area contributed by atoms with Crippen molar-refractivity contribution in [2.24, 2.45) is 0 Å². The van der Waals surface area contributed by atoms with Crippen molar-refractivity contribution >= 4 is 46.6 Å². The molecular weight excluding hydrogens is 483 g/mol. The summed E-state index contributed by atoms with van der Waals surface area (Å²) in [6.07, 6.45) is 0.412. The van der Waals surface area contributed by atoms with Crippen molar-refractivity contribution in [2.45, 2.75) is 66.1 Å². The van der Waals surface area contributed by atoms with Gasteiger partial charge in [-0.1, -0.05) is 47.8 Å². The monoisotopic (exact) mass is 512 g/mol. The number of hydrogen-bond acceptors (Lipinski definition) is 3. The van der Waals surface area contributed by atoms with E-state index in [-0.39, 0.29) is 25.0 Å². The summed E-state index contributed by atoms with van der Waals surface area (Å²) in [6, 6.07) is 7.98. The molecule has 0 aromatic heterocycles. The van der Waals surface area contributed by atoms with Crippen molar-refractivity contribution < 1.29 is 14.3 Å². The molecule has 8 heteroatoms. The summed E-state index contributed by atoms with van der Waals surface area (Å²) in [5.41, 5.74) is 1.84. The van der Waals surface area contributed by atoms with Crippen molar-refractivity contribution in [1.29, 1.82) is 0 Å². The van der Waals surface area contributed by atoms with Crippen LogP contribution in [-0.2, 0) is 16.1 Å². The highest BCUT2D eigenvalue weighted by Crippen LogP contribution is 2.28. The standard InChI is InChI=1S/C25H31Cl3N2O3/c1-7-21(24(32)29-25(4,5)6)30(13-18-19(26)9-8-10-20(18)27)22(31)14-33-17-11-15(2)23(28)16(3)12-17/h8-12,21H,7,13-14H2,1-6H3,(H,29,32)/t21-/m0/s1. The van der Waals surface area contributed by atoms with Gasteiger partial charge in [-0.15, -0.1) is 0 Å². The summed E-state index contributed by atoms with van der Waals surface area (Å²) < 4.78 is 5.79. The first kappa shape index (κ1) is 27.3. The maximum atomic E-state index is 13.4. The van der Waals surface area contributed by atoms with Crippen LogP contribution in [-0.4, -0.2) is 34.9 Å². The summed E-state index contributed by atoms with van der Waals surface area (Å²) in [4.78, 5) is 27.9. The molecule has 0 aliphatic heterocycles. The van der Waals surface area contributed by atoms with Gasteiger partial charge in [-0.25, -0.2) is 0 Å². The molecule has 0 aliphatic carbocycles. The topological polar surface area (TPSA) is 58.6 Å². The number of ether oxygens (including phenoxy) is 1. The zero-order valence-corrected chi connectivity index (χ0v) is 22.2. The molecule has 1 atom stereocenters. The second-order valence-electron chi connectivity index (χ2n) is 9.04. The van der Waals surface area contributed by atoms with Crippen molar-refractivity contribution in [3.8, 4) is 5.75 Å². The number of hydrogen-bond donors (Lipinski definition) is 1. The number of carbonyl (C=O) groups is 2. The third-order valence-corrected chi connectivity index (χ3v) is 6.35. The molecule has 0 unspecified atom stereocenters. The Labute approximate surface area is 211 Å². The molecular formula is C25H31Cl3N2O3. The second kappa shape index (κ2) is 11.5. The molecule has 0 heterocycles. The first-order valence-electron chi connectivity index (χ1n) is 10.8. The lowest BCUT2D eigenvalue weighted by atomic mass is 10.1. The predicted octanol–water partition coefficient (Wildman–Crippen LogP) is 6.36. The van der Waals surface area contributed by atoms with Crippen molar-refractivity contribution in [1.82, 2.24) is 10.2 Å². The predicted molar refractivity (Wildman–Crippen MR) is 135 cm³/mol. The number of carbonyl (C=O) groups excluding carboxylic acids is 2. The third kappa shape index (κ3) is 7.53. The maximum absolute atomic E-state index is 13.4. The van der Waals surface area contributed by atoms with E-state index < -0.39 is 11.6 Å². The highest BCUT2D eigenvalue weighted by molar-refractivity contribution is 6.36. The average molecular weight is 514 g/mol. The molecule has 2 aromatic rings. The van der Waals surface area contributed by atoms with Gasteiger partial charge in [0.2, 0.25) is 5.91 Å². The second-order valence-corrected chi connectivity index (χ2v) is 10.2. The minimum absolute atomic E-state index is 0.0788. The van der Waals surface area contributed by atoms with Crippen LogP contribution in [0.1, 0.15) is 50.8 Å². The van der Waals surface area contributed by atoms with Gasteiger partial charge in [0.25, 0.3) is 5.91 Å². The zero-order valence-electron chi connectivity index (χ0n) is 19.9. The fraction of sp³-hybridized carbons (Fsp3) is 0.440. The van der Waals surface area contributed by atoms with Crippen LogP contribution in [0.5, 0.6) is 5.75 Å². The number of amides is 2. The Balaban J connectivity index is 2.34. The van der Waals surface area contributed by atoms with Gasteiger partial charge in [0.05, 0.1) is 0 Å². The van der Waals surface area contributed by atoms with Gasteiger partial charge < -0.3 is 15.0 Å². The molecule has 2 aromatic carbocycles. The highest BCUT2D eigenvalue weighted by Gasteiger charge is 2.31. The molecule has 0 bridgehead atoms. The smallest absolute Gasteiger partial charge is 0.261 e. The number of rotatable bonds is 8. The Morgan fingerprint density at radius 2 is 1.61 bits per heavy atom. The fourth-order valence-electron chi connectivity index (χ4n) is 3.44. The van der Waals surface area contributed by atoms with Gasteiger partial charge in [0, 0.05) is 32.7 Å². The van der Waals surface area contributed by atoms with Gasteiger partial charge in [-0.3, -0.25) is 9.59 Å². The molecule has 33 heavy (non-hydrogen) atoms. The molecule has 5 nitrogen and oxygen atoms in total. The van der Waals surface area contributed by atoms with Gasteiger partial charge in [-0.2, -0.15) is 0 Å². The van der Waals surface area contributed by atoms with Crippen LogP contribution < -0.4 is 10.1 Å². The number of nitrogens with zero attached hydrogens (tertiary/aromatic N) is 1. The lowest BCUT2D eigenvalue weighted by Gasteiger charge is -2.33. The van der Waals surface area contributed by atoms with E-state index >= 15 is 0 Å². The van der Waals surface area contributed by atoms with Gasteiger partial charge in [-0.05, 0) is 76.4 Å². The number of nitrogens with one attached hydrogen (secondary N) is 1. The van der Waals surface area contributed by atoms with E-state index in [2.05, 4.69) is 5.32 Å². The molecule has 0 fully saturated rings. The van der Waals surface area contributed by atoms with E-state index in [4.69, 9.17) is 39.5 Å². The first-order valence-corrected chi connectivity index (χ1v) is 11.9. The largest absolute Gasteiger partial charge is 0.484 e. The molecule has 2 rings (SSSR count). The lowest BCUT2D eigenvalue weighted by Crippen LogP contribution is -2.54. The summed E-state index contributed by atoms with van der Waals surface area (Å²) in [7, 11) is 0. The Kier molecular flexibility index (Phi) is 9.48. The Hall–Kier alpha value is -1.95. The Morgan fingerprint density at radius 1 is 1.06 bits per heavy atom. The van der Waals surface area contributed by atoms with E-state index in [1.165, 1.54) is 4.90 Å². The first-order chi connectivity index (χ1) is 15.3. The van der Waals surface area contributed by atoms with E-state index in [0.29, 0.717) is 32.8 Å². The van der Waals surface area contributed by atoms with Gasteiger partial charge >= 0.3 is 0 Å². The van der Waals surface area contributed by atoms with Crippen LogP contribution in [0.25, 0.3) is 0 Å². The lowest BCUT2D eigenvalue weighted by molar-refractivity contribution is -0.143. The normalized spacial score (nSPS) is 12.3. The van der Waals surface area contributed by atoms with Crippen molar-refractivity contribution in [3.05, 3.63) is 62.1 Å². The van der Waals surface area contributed by atoms with Crippen LogP contribution in [0.3, 0.4) is 0 Å². The molecule has 0 saturated heterocycles. The Bertz CT molecular complexity index is 975. The molecule has 0 aliphatic rings. The molecule has 0 spiro atoms. The average Bonchev–Trinajstić information content (AvgIpc) is 2.70. The third-order valence-electron chi connectivity index (χ3n) is 5.05. The van der Waals surface area contributed by atoms with E-state index in [1.807, 2.05) is 41.5 Å². The molecule has 0 saturated carbocycles. The molecule has 0 radical (unpaired) electrons. The van der Waals surface area contributed by atoms with Gasteiger partial charge in [0.15, 0.2) is 6.61 Å². The van der Waals surface area contributed by atoms with E-state index in [9.17, 15) is 9.59 Å². The van der Waals surface area contributed by atoms with Crippen LogP contribution in [0.2, 0.25) is 15.1 Å². The number of aryl methyl sites for hydroxylation is 2. The Morgan fingerprint density at radius 3 is 2.09 bits per heavy atom. The van der Waals surface area contributed by atoms with Crippen LogP contribution in [0.4, 0.5) is 0 Å². The number of benzene rings is 2. The quantitative estimate of drug-likeness (QED) is 0.446. The fourth-order valence-corrected chi connectivity index (χ4v) is 4.07. The number of halogens is 3. The maximum Gasteiger partial charge on any atom is 0.261 e. The van der Waals surface area contributed by atoms with Gasteiger partial charge in [0.1, 0.15) is 11.8 Å². The van der Waals surface area contributed by atoms with Crippen LogP contribution in [0.15, 0.2) is 30.3 Å². The highest BCUT2D eigenvalue weighted by atomic mass is 35.5. The van der Waals surface area contributed by atoms with Crippen LogP contribution in [0, 0.1) is 13.8 Å². The summed E-state index contributed by atoms with van der Waals surface area (Å²) in [5.74, 6) is -0.0717. The molecule has 1 N–H and O–H groups in total. The summed E-state index contributed by atoms with van der Waals surface area (Å²) in [5, 5.41) is 4.48. The van der Waals surface area contributed by atoms with Crippen LogP contribution >= 0.6 is 34.8 Å². The molecule has 2 amide bonds. The van der Waals surface area contributed by atoms with E-state index in [0.717, 1.165) is 11.1 Å². The minimum Gasteiger partial charge on any atom is -0.484 e. The van der Waals surface area contributed by atoms with E-state index in [1.54, 1.807) is 30.3 Å². The molecule has 180 valence electrons. The van der Waals surface area contributed by atoms with Crippen molar-refractivity contribution in [2.75, 3.05) is 6.61 Å². The SMILES string of the molecule is CC[C@@H](C(=O)NC(C)(C)C)N(Cc1c(Cl)cccc1Cl)C(=O)COc1cc(C)c(Cl)c(C)c1. The summed E-state index contributed by atoms with van der Waals surface area (Å²) >= 11 is 19.0. The minimum atomic E-state index is -0.721. The van der Waals surface area contributed by atoms with Crippen molar-refractivity contribution in [3.63, 3.8) is 0 Å². The summed E-state index contributed by atoms with van der Waals surface area (Å²) in [6.45, 7) is 11.1.